The molecule has 1 saturated heterocycles. The van der Waals surface area contributed by atoms with Crippen LogP contribution in [0.3, 0.4) is 0 Å². The summed E-state index contributed by atoms with van der Waals surface area (Å²) in [7, 11) is 6.08. The smallest absolute Gasteiger partial charge is 0.189 e. The summed E-state index contributed by atoms with van der Waals surface area (Å²) in [6.45, 7) is 3.81. The van der Waals surface area contributed by atoms with Gasteiger partial charge in [0.25, 0.3) is 0 Å². The van der Waals surface area contributed by atoms with E-state index < -0.39 is 0 Å². The second-order valence-electron chi connectivity index (χ2n) is 16.7. The molecule has 0 radical (unpaired) electrons. The van der Waals surface area contributed by atoms with Gasteiger partial charge in [0.1, 0.15) is 34.5 Å². The molecule has 3 N–H and O–H groups in total. The number of aliphatic hydroxyl groups is 1. The van der Waals surface area contributed by atoms with Crippen LogP contribution in [0.5, 0.6) is 34.5 Å². The highest BCUT2D eigenvalue weighted by Gasteiger charge is 2.39. The molecule has 4 aliphatic rings. The molecule has 68 heavy (non-hydrogen) atoms. The van der Waals surface area contributed by atoms with Crippen LogP contribution in [0, 0.1) is 0 Å². The normalized spacial score (nSPS) is 20.5. The maximum absolute atomic E-state index is 9.94. The lowest BCUT2D eigenvalue weighted by Gasteiger charge is -2.25. The summed E-state index contributed by atoms with van der Waals surface area (Å²) >= 11 is 34.7. The van der Waals surface area contributed by atoms with Gasteiger partial charge in [-0.3, -0.25) is 0 Å². The van der Waals surface area contributed by atoms with Crippen LogP contribution in [-0.2, 0) is 0 Å². The zero-order valence-electron chi connectivity index (χ0n) is 37.0. The van der Waals surface area contributed by atoms with Gasteiger partial charge in [0.15, 0.2) is 1.05 Å². The highest BCUT2D eigenvalue weighted by Crippen LogP contribution is 2.51. The van der Waals surface area contributed by atoms with Crippen LogP contribution in [-0.4, -0.2) is 70.3 Å². The number of likely N-dealkylation sites (tertiary alicyclic amines) is 1. The molecule has 7 nitrogen and oxygen atoms in total. The Morgan fingerprint density at radius 1 is 0.529 bits per heavy atom. The van der Waals surface area contributed by atoms with Crippen LogP contribution in [0.15, 0.2) is 127 Å². The second kappa shape index (κ2) is 25.5. The number of hydrogen-bond acceptors (Lipinski definition) is 7. The SMILES string of the molecule is BrC(Br)(Br)Br.C.CN1C[C@H]2c3ccccc3Oc3ccc(Cl)cc3[C@@H]2C1.CNC[C@H]1c2cc(Cl)ccc2Oc2ccccc2[C@@H]1CBr.CNC[C@H]1c2cc(Cl)ccc2Oc2ccccc2[C@@H]1CO. The van der Waals surface area contributed by atoms with Gasteiger partial charge in [-0.15, -0.1) is 0 Å². The van der Waals surface area contributed by atoms with Gasteiger partial charge in [-0.1, -0.05) is 113 Å². The molecule has 0 aliphatic carbocycles. The maximum Gasteiger partial charge on any atom is 0.189 e. The molecule has 0 bridgehead atoms. The molecule has 1 fully saturated rings. The fourth-order valence-corrected chi connectivity index (χ4v) is 10.9. The second-order valence-corrected chi connectivity index (χ2v) is 29.8. The van der Waals surface area contributed by atoms with Crippen molar-refractivity contribution in [2.75, 3.05) is 59.3 Å². The Morgan fingerprint density at radius 2 is 0.868 bits per heavy atom. The average molecular weight is 1300 g/mol. The van der Waals surface area contributed by atoms with E-state index >= 15 is 0 Å². The summed E-state index contributed by atoms with van der Waals surface area (Å²) in [5.41, 5.74) is 7.02. The minimum atomic E-state index is -0.250. The van der Waals surface area contributed by atoms with E-state index in [9.17, 15) is 5.11 Å². The predicted molar refractivity (Wildman–Crippen MR) is 302 cm³/mol. The number of aliphatic hydroxyl groups excluding tert-OH is 1. The molecule has 0 aromatic heterocycles. The number of nitrogens with zero attached hydrogens (tertiary/aromatic N) is 1. The summed E-state index contributed by atoms with van der Waals surface area (Å²) < 4.78 is 18.1. The Hall–Kier alpha value is -2.17. The number of rotatable bonds is 6. The van der Waals surface area contributed by atoms with Gasteiger partial charge in [-0.05, 0) is 169 Å². The average Bonchev–Trinajstić information content (AvgIpc) is 3.50. The Labute approximate surface area is 458 Å². The van der Waals surface area contributed by atoms with Crippen molar-refractivity contribution in [2.24, 2.45) is 0 Å². The fourth-order valence-electron chi connectivity index (χ4n) is 9.56. The zero-order valence-corrected chi connectivity index (χ0v) is 47.2. The molecule has 4 heterocycles. The largest absolute Gasteiger partial charge is 0.457 e. The van der Waals surface area contributed by atoms with Crippen molar-refractivity contribution in [3.63, 3.8) is 0 Å². The lowest BCUT2D eigenvalue weighted by Crippen LogP contribution is -2.24. The van der Waals surface area contributed by atoms with Crippen molar-refractivity contribution in [1.82, 2.24) is 15.5 Å². The molecule has 15 heteroatoms. The van der Waals surface area contributed by atoms with E-state index in [1.54, 1.807) is 0 Å². The third-order valence-electron chi connectivity index (χ3n) is 12.4. The predicted octanol–water partition coefficient (Wildman–Crippen LogP) is 16.5. The van der Waals surface area contributed by atoms with Gasteiger partial charge in [0.05, 0.1) is 6.61 Å². The highest BCUT2D eigenvalue weighted by atomic mass is 80.0. The van der Waals surface area contributed by atoms with Crippen molar-refractivity contribution in [2.45, 2.75) is 44.0 Å². The van der Waals surface area contributed by atoms with Crippen LogP contribution in [0.1, 0.15) is 76.3 Å². The molecule has 0 amide bonds. The van der Waals surface area contributed by atoms with Crippen LogP contribution < -0.4 is 24.8 Å². The summed E-state index contributed by atoms with van der Waals surface area (Å²) in [5.74, 6) is 7.06. The summed E-state index contributed by atoms with van der Waals surface area (Å²) in [4.78, 5) is 2.39. The lowest BCUT2D eigenvalue weighted by molar-refractivity contribution is 0.246. The standard InChI is InChI=1S/C17H17BrClNO.C17H18ClNO2.C17H16ClNO.CBr4.CH4/c1-20-10-15-13-8-11(19)6-7-17(13)21-16-5-3-2-4-12(16)14(15)9-18;1-19-9-14-13-8-11(18)6-7-17(13)21-16-5-3-2-4-12(16)15(14)10-20;1-19-9-14-12-4-2-3-5-16(12)20-17-7-6-11(18)8-13(17)15(14)10-19;2-1(3,4)5;/h2-8,14-15,20H,9-10H2,1H3;2-8,14-15,19-20H,9-10H2,1H3;2-8,14-15H,9-10H2,1H3;;1H4/t3*14-,15-;;/m000../s1. The molecule has 4 aliphatic heterocycles. The number of ether oxygens (including phenoxy) is 3. The first-order valence-corrected chi connectivity index (χ1v) is 27.2. The van der Waals surface area contributed by atoms with Gasteiger partial charge >= 0.3 is 0 Å². The van der Waals surface area contributed by atoms with E-state index in [4.69, 9.17) is 49.0 Å². The van der Waals surface area contributed by atoms with E-state index in [1.807, 2.05) is 105 Å². The van der Waals surface area contributed by atoms with E-state index in [2.05, 4.69) is 139 Å². The Morgan fingerprint density at radius 3 is 1.29 bits per heavy atom. The zero-order chi connectivity index (χ0) is 47.8. The van der Waals surface area contributed by atoms with Crippen molar-refractivity contribution in [3.05, 3.63) is 176 Å². The summed E-state index contributed by atoms with van der Waals surface area (Å²) in [6, 6.07) is 42.1. The Bertz CT molecular complexity index is 2500. The number of likely N-dealkylation sites (N-methyl/N-ethyl adjacent to an activating group) is 3. The van der Waals surface area contributed by atoms with Crippen LogP contribution >= 0.6 is 114 Å². The number of benzene rings is 6. The number of fused-ring (bicyclic) bond motifs is 9. The van der Waals surface area contributed by atoms with Crippen molar-refractivity contribution >= 4 is 114 Å². The minimum Gasteiger partial charge on any atom is -0.457 e. The number of hydrogen-bond donors (Lipinski definition) is 3. The Kier molecular flexibility index (Phi) is 20.7. The van der Waals surface area contributed by atoms with Crippen molar-refractivity contribution in [1.29, 1.82) is 0 Å². The fraction of sp³-hybridized carbons (Fsp3) is 0.321. The topological polar surface area (TPSA) is 75.2 Å². The van der Waals surface area contributed by atoms with Gasteiger partial charge in [0.2, 0.25) is 0 Å². The number of halogens is 8. The number of nitrogens with one attached hydrogen (secondary N) is 2. The monoisotopic (exact) mass is 1300 g/mol. The first-order valence-electron chi connectivity index (χ1n) is 21.8. The van der Waals surface area contributed by atoms with Gasteiger partial charge in [0, 0.05) is 104 Å². The molecule has 6 aromatic carbocycles. The van der Waals surface area contributed by atoms with Crippen LogP contribution in [0.4, 0.5) is 0 Å². The van der Waals surface area contributed by atoms with E-state index in [0.717, 1.165) is 92.7 Å². The molecule has 10 rings (SSSR count). The molecule has 362 valence electrons. The Balaban J connectivity index is 0.000000159. The minimum absolute atomic E-state index is 0. The third-order valence-corrected chi connectivity index (χ3v) is 13.8. The lowest BCUT2D eigenvalue weighted by atomic mass is 9.82. The molecular formula is C53H55Br5Cl3N3O4. The van der Waals surface area contributed by atoms with Crippen LogP contribution in [0.2, 0.25) is 15.1 Å². The molecule has 0 spiro atoms. The van der Waals surface area contributed by atoms with Gasteiger partial charge in [-0.25, -0.2) is 0 Å². The van der Waals surface area contributed by atoms with E-state index in [-0.39, 0.29) is 26.9 Å². The first kappa shape index (κ1) is 55.1. The molecular weight excluding hydrogens is 1250 g/mol. The quantitative estimate of drug-likeness (QED) is 0.144. The van der Waals surface area contributed by atoms with Crippen molar-refractivity contribution in [3.8, 4) is 34.5 Å². The number of para-hydroxylation sites is 3. The number of alkyl halides is 5. The molecule has 6 aromatic rings. The molecule has 0 unspecified atom stereocenters. The van der Waals surface area contributed by atoms with Gasteiger partial charge < -0.3 is 34.9 Å². The molecule has 0 saturated carbocycles. The summed E-state index contributed by atoms with van der Waals surface area (Å²) in [6.07, 6.45) is 0. The van der Waals surface area contributed by atoms with E-state index in [0.29, 0.717) is 28.7 Å². The van der Waals surface area contributed by atoms with E-state index in [1.165, 1.54) is 16.7 Å². The third kappa shape index (κ3) is 13.7. The molecule has 6 atom stereocenters. The highest BCUT2D eigenvalue weighted by molar-refractivity contribution is 9.52. The maximum atomic E-state index is 9.94. The van der Waals surface area contributed by atoms with Crippen molar-refractivity contribution < 1.29 is 19.3 Å². The summed E-state index contributed by atoms with van der Waals surface area (Å²) in [5, 5.41) is 19.5. The van der Waals surface area contributed by atoms with Crippen LogP contribution in [0.25, 0.3) is 0 Å². The first-order chi connectivity index (χ1) is 32.2. The van der Waals surface area contributed by atoms with Gasteiger partial charge in [-0.2, -0.15) is 0 Å².